The molecule has 1 aliphatic rings. The Bertz CT molecular complexity index is 1050. The summed E-state index contributed by atoms with van der Waals surface area (Å²) in [6.45, 7) is 5.46. The Morgan fingerprint density at radius 2 is 2.07 bits per heavy atom. The molecule has 2 heterocycles. The maximum absolute atomic E-state index is 12.8. The van der Waals surface area contributed by atoms with Crippen LogP contribution >= 0.6 is 11.8 Å². The van der Waals surface area contributed by atoms with Crippen molar-refractivity contribution in [3.8, 4) is 11.4 Å². The van der Waals surface area contributed by atoms with E-state index in [1.807, 2.05) is 41.5 Å². The molecule has 3 aromatic rings. The Labute approximate surface area is 181 Å². The molecule has 0 spiro atoms. The number of aryl methyl sites for hydroxylation is 2. The van der Waals surface area contributed by atoms with Crippen LogP contribution in [0.15, 0.2) is 51.9 Å². The second-order valence-corrected chi connectivity index (χ2v) is 8.58. The summed E-state index contributed by atoms with van der Waals surface area (Å²) >= 11 is 1.65. The summed E-state index contributed by atoms with van der Waals surface area (Å²) in [6, 6.07) is 13.9. The minimum atomic E-state index is -0.0909. The molecule has 0 aliphatic carbocycles. The van der Waals surface area contributed by atoms with Crippen LogP contribution in [0.25, 0.3) is 11.4 Å². The minimum absolute atomic E-state index is 0.0508. The zero-order valence-corrected chi connectivity index (χ0v) is 18.3. The fourth-order valence-electron chi connectivity index (χ4n) is 3.67. The molecule has 30 heavy (non-hydrogen) atoms. The number of likely N-dealkylation sites (tertiary alicyclic amines) is 1. The standard InChI is InChI=1S/C23H26N4O2S/c1-15-9-10-17(12-16(15)2)21-25-22(29-26-21)18-6-5-11-27(14-18)23(28)24-19-7-4-8-20(13-19)30-3/h4,7-10,12-13,18H,5-6,11,14H2,1-3H3,(H,24,28). The predicted molar refractivity (Wildman–Crippen MR) is 120 cm³/mol. The van der Waals surface area contributed by atoms with Gasteiger partial charge in [-0.3, -0.25) is 0 Å². The van der Waals surface area contributed by atoms with Gasteiger partial charge in [0, 0.05) is 29.2 Å². The molecule has 1 N–H and O–H groups in total. The van der Waals surface area contributed by atoms with Crippen molar-refractivity contribution in [3.63, 3.8) is 0 Å². The van der Waals surface area contributed by atoms with E-state index in [1.54, 1.807) is 11.8 Å². The van der Waals surface area contributed by atoms with Crippen LogP contribution in [-0.4, -0.2) is 40.4 Å². The van der Waals surface area contributed by atoms with Crippen molar-refractivity contribution < 1.29 is 9.32 Å². The number of benzene rings is 2. The van der Waals surface area contributed by atoms with Gasteiger partial charge in [0.05, 0.1) is 5.92 Å². The molecule has 2 aromatic carbocycles. The molecule has 1 saturated heterocycles. The second kappa shape index (κ2) is 8.92. The lowest BCUT2D eigenvalue weighted by Crippen LogP contribution is -2.41. The van der Waals surface area contributed by atoms with Crippen LogP contribution < -0.4 is 5.32 Å². The number of anilines is 1. The van der Waals surface area contributed by atoms with E-state index in [0.29, 0.717) is 18.3 Å². The lowest BCUT2D eigenvalue weighted by molar-refractivity contribution is 0.184. The van der Waals surface area contributed by atoms with Gasteiger partial charge in [-0.15, -0.1) is 11.8 Å². The zero-order chi connectivity index (χ0) is 21.1. The summed E-state index contributed by atoms with van der Waals surface area (Å²) in [6.07, 6.45) is 3.86. The molecule has 1 aliphatic heterocycles. The van der Waals surface area contributed by atoms with E-state index in [9.17, 15) is 4.79 Å². The second-order valence-electron chi connectivity index (χ2n) is 7.70. The van der Waals surface area contributed by atoms with Gasteiger partial charge in [-0.2, -0.15) is 4.98 Å². The third-order valence-electron chi connectivity index (χ3n) is 5.59. The smallest absolute Gasteiger partial charge is 0.321 e. The molecule has 7 heteroatoms. The molecule has 6 nitrogen and oxygen atoms in total. The molecule has 0 radical (unpaired) electrons. The van der Waals surface area contributed by atoms with E-state index in [-0.39, 0.29) is 11.9 Å². The van der Waals surface area contributed by atoms with Gasteiger partial charge < -0.3 is 14.7 Å². The molecule has 0 bridgehead atoms. The van der Waals surface area contributed by atoms with E-state index >= 15 is 0 Å². The highest BCUT2D eigenvalue weighted by atomic mass is 32.2. The third kappa shape index (κ3) is 4.51. The highest BCUT2D eigenvalue weighted by molar-refractivity contribution is 7.98. The van der Waals surface area contributed by atoms with Gasteiger partial charge in [0.15, 0.2) is 0 Å². The summed E-state index contributed by atoms with van der Waals surface area (Å²) < 4.78 is 5.58. The zero-order valence-electron chi connectivity index (χ0n) is 17.5. The number of amides is 2. The number of nitrogens with one attached hydrogen (secondary N) is 1. The van der Waals surface area contributed by atoms with Crippen LogP contribution in [0.3, 0.4) is 0 Å². The summed E-state index contributed by atoms with van der Waals surface area (Å²) in [4.78, 5) is 20.4. The quantitative estimate of drug-likeness (QED) is 0.563. The summed E-state index contributed by atoms with van der Waals surface area (Å²) in [7, 11) is 0. The maximum atomic E-state index is 12.8. The summed E-state index contributed by atoms with van der Waals surface area (Å²) in [5.74, 6) is 1.25. The monoisotopic (exact) mass is 422 g/mol. The van der Waals surface area contributed by atoms with Crippen molar-refractivity contribution >= 4 is 23.5 Å². The number of nitrogens with zero attached hydrogens (tertiary/aromatic N) is 3. The number of urea groups is 1. The Morgan fingerprint density at radius 1 is 1.20 bits per heavy atom. The first-order valence-electron chi connectivity index (χ1n) is 10.1. The molecule has 1 atom stereocenters. The predicted octanol–water partition coefficient (Wildman–Crippen LogP) is 5.49. The highest BCUT2D eigenvalue weighted by Gasteiger charge is 2.29. The first kappa shape index (κ1) is 20.5. The Hall–Kier alpha value is -2.80. The van der Waals surface area contributed by atoms with Crippen LogP contribution in [0.1, 0.15) is 35.8 Å². The molecule has 0 saturated carbocycles. The molecule has 1 fully saturated rings. The van der Waals surface area contributed by atoms with E-state index in [4.69, 9.17) is 4.52 Å². The van der Waals surface area contributed by atoms with Gasteiger partial charge >= 0.3 is 6.03 Å². The van der Waals surface area contributed by atoms with Gasteiger partial charge in [-0.1, -0.05) is 23.4 Å². The Morgan fingerprint density at radius 3 is 2.87 bits per heavy atom. The normalized spacial score (nSPS) is 16.5. The van der Waals surface area contributed by atoms with Crippen LogP contribution in [-0.2, 0) is 0 Å². The molecule has 4 rings (SSSR count). The van der Waals surface area contributed by atoms with E-state index in [0.717, 1.165) is 35.5 Å². The lowest BCUT2D eigenvalue weighted by atomic mass is 9.98. The molecule has 2 amide bonds. The average molecular weight is 423 g/mol. The number of thioether (sulfide) groups is 1. The van der Waals surface area contributed by atoms with Gasteiger partial charge in [0.2, 0.25) is 11.7 Å². The molecule has 156 valence electrons. The number of aromatic nitrogens is 2. The Balaban J connectivity index is 1.44. The largest absolute Gasteiger partial charge is 0.339 e. The summed E-state index contributed by atoms with van der Waals surface area (Å²) in [5, 5.41) is 7.19. The van der Waals surface area contributed by atoms with Crippen molar-refractivity contribution in [3.05, 3.63) is 59.5 Å². The summed E-state index contributed by atoms with van der Waals surface area (Å²) in [5.41, 5.74) is 4.19. The van der Waals surface area contributed by atoms with Crippen LogP contribution in [0.5, 0.6) is 0 Å². The van der Waals surface area contributed by atoms with Crippen molar-refractivity contribution in [1.29, 1.82) is 0 Å². The van der Waals surface area contributed by atoms with Gasteiger partial charge in [0.1, 0.15) is 0 Å². The Kier molecular flexibility index (Phi) is 6.08. The van der Waals surface area contributed by atoms with Crippen molar-refractivity contribution in [2.75, 3.05) is 24.7 Å². The number of hydrogen-bond acceptors (Lipinski definition) is 5. The topological polar surface area (TPSA) is 71.3 Å². The van der Waals surface area contributed by atoms with E-state index in [2.05, 4.69) is 41.4 Å². The average Bonchev–Trinajstić information content (AvgIpc) is 3.26. The van der Waals surface area contributed by atoms with Crippen LogP contribution in [0.4, 0.5) is 10.5 Å². The molecular weight excluding hydrogens is 396 g/mol. The SMILES string of the molecule is CSc1cccc(NC(=O)N2CCCC(c3nc(-c4ccc(C)c(C)c4)no3)C2)c1. The van der Waals surface area contributed by atoms with Gasteiger partial charge in [-0.25, -0.2) is 4.79 Å². The number of carbonyl (C=O) groups excluding carboxylic acids is 1. The van der Waals surface area contributed by atoms with Crippen LogP contribution in [0.2, 0.25) is 0 Å². The van der Waals surface area contributed by atoms with Gasteiger partial charge in [0.25, 0.3) is 0 Å². The fraction of sp³-hybridized carbons (Fsp3) is 0.348. The van der Waals surface area contributed by atoms with Crippen LogP contribution in [0, 0.1) is 13.8 Å². The first-order chi connectivity index (χ1) is 14.5. The highest BCUT2D eigenvalue weighted by Crippen LogP contribution is 2.29. The lowest BCUT2D eigenvalue weighted by Gasteiger charge is -2.31. The third-order valence-corrected chi connectivity index (χ3v) is 6.31. The minimum Gasteiger partial charge on any atom is -0.339 e. The van der Waals surface area contributed by atoms with Crippen molar-refractivity contribution in [2.45, 2.75) is 37.5 Å². The fourth-order valence-corrected chi connectivity index (χ4v) is 4.12. The van der Waals surface area contributed by atoms with E-state index in [1.165, 1.54) is 11.1 Å². The number of carbonyl (C=O) groups is 1. The van der Waals surface area contributed by atoms with Crippen molar-refractivity contribution in [1.82, 2.24) is 15.0 Å². The van der Waals surface area contributed by atoms with Crippen molar-refractivity contribution in [2.24, 2.45) is 0 Å². The number of hydrogen-bond donors (Lipinski definition) is 1. The molecular formula is C23H26N4O2S. The van der Waals surface area contributed by atoms with Gasteiger partial charge in [-0.05, 0) is 68.3 Å². The number of rotatable bonds is 4. The number of piperidine rings is 1. The van der Waals surface area contributed by atoms with E-state index < -0.39 is 0 Å². The molecule has 1 aromatic heterocycles. The molecule has 1 unspecified atom stereocenters. The maximum Gasteiger partial charge on any atom is 0.321 e. The first-order valence-corrected chi connectivity index (χ1v) is 11.4.